The van der Waals surface area contributed by atoms with E-state index in [1.54, 1.807) is 18.1 Å². The highest BCUT2D eigenvalue weighted by molar-refractivity contribution is 6.00. The van der Waals surface area contributed by atoms with Gasteiger partial charge in [0.15, 0.2) is 5.82 Å². The molecular formula is C32H42N6O5. The van der Waals surface area contributed by atoms with E-state index >= 15 is 0 Å². The number of aromatic nitrogens is 3. The molecule has 230 valence electrons. The zero-order valence-corrected chi connectivity index (χ0v) is 25.7. The molecule has 2 N–H and O–H groups in total. The molecule has 0 radical (unpaired) electrons. The topological polar surface area (TPSA) is 120 Å². The van der Waals surface area contributed by atoms with Crippen molar-refractivity contribution >= 4 is 28.9 Å². The van der Waals surface area contributed by atoms with Crippen molar-refractivity contribution < 1.29 is 23.9 Å². The normalized spacial score (nSPS) is 18.9. The van der Waals surface area contributed by atoms with Gasteiger partial charge in [-0.25, -0.2) is 9.78 Å². The predicted molar refractivity (Wildman–Crippen MR) is 162 cm³/mol. The maximum Gasteiger partial charge on any atom is 0.407 e. The van der Waals surface area contributed by atoms with Crippen LogP contribution in [-0.4, -0.2) is 74.8 Å². The Hall–Kier alpha value is -4.02. The summed E-state index contributed by atoms with van der Waals surface area (Å²) < 4.78 is 15.3. The van der Waals surface area contributed by atoms with Crippen LogP contribution >= 0.6 is 0 Å². The van der Waals surface area contributed by atoms with Crippen LogP contribution in [0.3, 0.4) is 0 Å². The van der Waals surface area contributed by atoms with Gasteiger partial charge < -0.3 is 34.1 Å². The Morgan fingerprint density at radius 3 is 2.47 bits per heavy atom. The van der Waals surface area contributed by atoms with Crippen LogP contribution in [0.15, 0.2) is 24.3 Å². The number of piperidine rings is 1. The first-order valence-corrected chi connectivity index (χ1v) is 15.3. The van der Waals surface area contributed by atoms with Crippen LogP contribution in [0.4, 0.5) is 4.79 Å². The van der Waals surface area contributed by atoms with Gasteiger partial charge in [0, 0.05) is 44.3 Å². The van der Waals surface area contributed by atoms with Crippen molar-refractivity contribution in [2.45, 2.75) is 83.5 Å². The number of amides is 3. The molecular weight excluding hydrogens is 548 g/mol. The molecule has 1 unspecified atom stereocenters. The molecule has 2 aromatic heterocycles. The van der Waals surface area contributed by atoms with E-state index in [0.717, 1.165) is 56.3 Å². The highest BCUT2D eigenvalue weighted by atomic mass is 16.6. The van der Waals surface area contributed by atoms with Gasteiger partial charge in [0.1, 0.15) is 22.6 Å². The molecule has 0 spiro atoms. The maximum absolute atomic E-state index is 13.7. The fourth-order valence-corrected chi connectivity index (χ4v) is 5.86. The number of methoxy groups -OCH3 is 1. The van der Waals surface area contributed by atoms with E-state index in [2.05, 4.69) is 15.2 Å². The summed E-state index contributed by atoms with van der Waals surface area (Å²) in [6, 6.07) is 7.52. The molecule has 3 aliphatic rings. The standard InChI is InChI=1S/C32H42N6O5/c1-32(2,3)43-31(41)34-22-7-6-14-37(18-22)30(40)20-15-23-27(26(16-20)42-5)36(4)28(35-23)24-12-13-25(29(39)33-21-10-11-21)38(24)17-19-8-9-19/h12-13,15-16,19,21-22H,6-11,14,17-18H2,1-5H3,(H,33,39)(H,34,41). The number of imidazole rings is 1. The minimum atomic E-state index is -0.591. The molecule has 11 nitrogen and oxygen atoms in total. The van der Waals surface area contributed by atoms with Crippen molar-refractivity contribution in [1.29, 1.82) is 0 Å². The monoisotopic (exact) mass is 590 g/mol. The van der Waals surface area contributed by atoms with Crippen molar-refractivity contribution in [3.8, 4) is 17.3 Å². The largest absolute Gasteiger partial charge is 0.494 e. The van der Waals surface area contributed by atoms with Gasteiger partial charge in [-0.2, -0.15) is 0 Å². The molecule has 3 fully saturated rings. The molecule has 6 rings (SSSR count). The summed E-state index contributed by atoms with van der Waals surface area (Å²) in [5.74, 6) is 1.64. The van der Waals surface area contributed by atoms with Crippen molar-refractivity contribution in [2.24, 2.45) is 13.0 Å². The molecule has 2 saturated carbocycles. The molecule has 1 aliphatic heterocycles. The zero-order chi connectivity index (χ0) is 30.5. The fourth-order valence-electron chi connectivity index (χ4n) is 5.86. The third kappa shape index (κ3) is 6.35. The summed E-state index contributed by atoms with van der Waals surface area (Å²) in [6.45, 7) is 7.24. The molecule has 0 bridgehead atoms. The van der Waals surface area contributed by atoms with E-state index in [1.165, 1.54) is 0 Å². The Morgan fingerprint density at radius 1 is 1.02 bits per heavy atom. The minimum absolute atomic E-state index is 0.0420. The lowest BCUT2D eigenvalue weighted by Crippen LogP contribution is -2.50. The SMILES string of the molecule is COc1cc(C(=O)N2CCCC(NC(=O)OC(C)(C)C)C2)cc2nc(-c3ccc(C(=O)NC4CC4)n3CC3CC3)n(C)c12. The molecule has 1 saturated heterocycles. The number of fused-ring (bicyclic) bond motifs is 1. The quantitative estimate of drug-likeness (QED) is 0.399. The smallest absolute Gasteiger partial charge is 0.407 e. The summed E-state index contributed by atoms with van der Waals surface area (Å²) in [5, 5.41) is 6.04. The van der Waals surface area contributed by atoms with Gasteiger partial charge in [0.05, 0.1) is 18.3 Å². The average Bonchev–Trinajstić information content (AvgIpc) is 3.87. The lowest BCUT2D eigenvalue weighted by atomic mass is 10.0. The van der Waals surface area contributed by atoms with Crippen molar-refractivity contribution in [3.05, 3.63) is 35.5 Å². The van der Waals surface area contributed by atoms with Gasteiger partial charge in [-0.05, 0) is 89.5 Å². The Labute approximate surface area is 251 Å². The summed E-state index contributed by atoms with van der Waals surface area (Å²) in [6.07, 6.45) is 5.46. The molecule has 2 aliphatic carbocycles. The number of carbonyl (C=O) groups is 3. The van der Waals surface area contributed by atoms with E-state index in [9.17, 15) is 14.4 Å². The first-order valence-electron chi connectivity index (χ1n) is 15.3. The van der Waals surface area contributed by atoms with Crippen molar-refractivity contribution in [2.75, 3.05) is 20.2 Å². The van der Waals surface area contributed by atoms with Gasteiger partial charge >= 0.3 is 6.09 Å². The summed E-state index contributed by atoms with van der Waals surface area (Å²) >= 11 is 0. The van der Waals surface area contributed by atoms with Gasteiger partial charge in [0.2, 0.25) is 0 Å². The lowest BCUT2D eigenvalue weighted by molar-refractivity contribution is 0.0452. The van der Waals surface area contributed by atoms with E-state index in [0.29, 0.717) is 47.4 Å². The second kappa shape index (κ2) is 11.2. The number of ether oxygens (including phenoxy) is 2. The number of aryl methyl sites for hydroxylation is 1. The molecule has 3 aromatic rings. The van der Waals surface area contributed by atoms with E-state index < -0.39 is 11.7 Å². The number of likely N-dealkylation sites (tertiary alicyclic amines) is 1. The predicted octanol–water partition coefficient (Wildman–Crippen LogP) is 4.48. The Bertz CT molecular complexity index is 1560. The van der Waals surface area contributed by atoms with Crippen LogP contribution in [0.25, 0.3) is 22.6 Å². The minimum Gasteiger partial charge on any atom is -0.494 e. The summed E-state index contributed by atoms with van der Waals surface area (Å²) in [4.78, 5) is 45.9. The summed E-state index contributed by atoms with van der Waals surface area (Å²) in [5.41, 5.74) is 2.83. The van der Waals surface area contributed by atoms with Crippen molar-refractivity contribution in [3.63, 3.8) is 0 Å². The first kappa shape index (κ1) is 29.1. The van der Waals surface area contributed by atoms with Crippen LogP contribution in [0.5, 0.6) is 5.75 Å². The lowest BCUT2D eigenvalue weighted by Gasteiger charge is -2.33. The summed E-state index contributed by atoms with van der Waals surface area (Å²) in [7, 11) is 3.53. The average molecular weight is 591 g/mol. The second-order valence-corrected chi connectivity index (χ2v) is 13.2. The Balaban J connectivity index is 1.28. The van der Waals surface area contributed by atoms with E-state index in [1.807, 2.05) is 50.6 Å². The van der Waals surface area contributed by atoms with Crippen LogP contribution in [0.2, 0.25) is 0 Å². The van der Waals surface area contributed by atoms with Gasteiger partial charge in [-0.15, -0.1) is 0 Å². The van der Waals surface area contributed by atoms with Crippen LogP contribution in [0, 0.1) is 5.92 Å². The van der Waals surface area contributed by atoms with Gasteiger partial charge in [-0.1, -0.05) is 0 Å². The van der Waals surface area contributed by atoms with E-state index in [-0.39, 0.29) is 23.9 Å². The molecule has 43 heavy (non-hydrogen) atoms. The van der Waals surface area contributed by atoms with Gasteiger partial charge in [0.25, 0.3) is 11.8 Å². The molecule has 11 heteroatoms. The second-order valence-electron chi connectivity index (χ2n) is 13.2. The maximum atomic E-state index is 13.7. The molecule has 3 amide bonds. The third-order valence-electron chi connectivity index (χ3n) is 8.32. The number of benzene rings is 1. The number of nitrogens with one attached hydrogen (secondary N) is 2. The Kier molecular flexibility index (Phi) is 7.60. The highest BCUT2D eigenvalue weighted by Gasteiger charge is 2.31. The highest BCUT2D eigenvalue weighted by Crippen LogP contribution is 2.36. The fraction of sp³-hybridized carbons (Fsp3) is 0.562. The van der Waals surface area contributed by atoms with Crippen LogP contribution in [0.1, 0.15) is 80.1 Å². The third-order valence-corrected chi connectivity index (χ3v) is 8.32. The number of rotatable bonds is 8. The number of nitrogens with zero attached hydrogens (tertiary/aromatic N) is 4. The zero-order valence-electron chi connectivity index (χ0n) is 25.7. The number of hydrogen-bond acceptors (Lipinski definition) is 6. The molecule has 3 heterocycles. The number of hydrogen-bond donors (Lipinski definition) is 2. The van der Waals surface area contributed by atoms with Crippen molar-refractivity contribution in [1.82, 2.24) is 29.7 Å². The van der Waals surface area contributed by atoms with E-state index in [4.69, 9.17) is 14.5 Å². The number of carbonyl (C=O) groups excluding carboxylic acids is 3. The van der Waals surface area contributed by atoms with Crippen LogP contribution < -0.4 is 15.4 Å². The first-order chi connectivity index (χ1) is 20.5. The molecule has 1 aromatic carbocycles. The number of alkyl carbamates (subject to hydrolysis) is 1. The Morgan fingerprint density at radius 2 is 1.79 bits per heavy atom. The van der Waals surface area contributed by atoms with Gasteiger partial charge in [-0.3, -0.25) is 9.59 Å². The van der Waals surface area contributed by atoms with Crippen LogP contribution in [-0.2, 0) is 18.3 Å². The molecule has 1 atom stereocenters.